The first-order chi connectivity index (χ1) is 9.25. The first-order valence-corrected chi connectivity index (χ1v) is 7.24. The van der Waals surface area contributed by atoms with Crippen LogP contribution in [0.3, 0.4) is 0 Å². The Bertz CT molecular complexity index is 501. The van der Waals surface area contributed by atoms with Crippen LogP contribution in [0.4, 0.5) is 0 Å². The minimum Gasteiger partial charge on any atom is -0.352 e. The summed E-state index contributed by atoms with van der Waals surface area (Å²) in [5.41, 5.74) is 1.10. The van der Waals surface area contributed by atoms with E-state index < -0.39 is 0 Å². The van der Waals surface area contributed by atoms with Crippen LogP contribution < -0.4 is 0 Å². The van der Waals surface area contributed by atoms with Gasteiger partial charge in [0.15, 0.2) is 6.23 Å². The molecule has 2 saturated heterocycles. The van der Waals surface area contributed by atoms with E-state index >= 15 is 0 Å². The van der Waals surface area contributed by atoms with Gasteiger partial charge in [-0.15, -0.1) is 0 Å². The molecule has 5 atom stereocenters. The summed E-state index contributed by atoms with van der Waals surface area (Å²) < 4.78 is 5.92. The number of rotatable bonds is 1. The number of amides is 1. The Kier molecular flexibility index (Phi) is 2.46. The summed E-state index contributed by atoms with van der Waals surface area (Å²) >= 11 is 0. The highest BCUT2D eigenvalue weighted by Gasteiger charge is 2.56. The lowest BCUT2D eigenvalue weighted by Crippen LogP contribution is -2.33. The van der Waals surface area contributed by atoms with Gasteiger partial charge in [-0.3, -0.25) is 4.79 Å². The number of hydrogen-bond donors (Lipinski definition) is 0. The van der Waals surface area contributed by atoms with E-state index in [1.807, 2.05) is 23.1 Å². The second-order valence-corrected chi connectivity index (χ2v) is 6.26. The summed E-state index contributed by atoms with van der Waals surface area (Å²) in [4.78, 5) is 14.7. The van der Waals surface area contributed by atoms with Gasteiger partial charge in [0.05, 0.1) is 12.6 Å². The SMILES string of the molecule is CC1C[C@@H]2[C@H]3CO[C@H](c4ccccc4)N3C(=O)[C@@H]2C1. The zero-order valence-electron chi connectivity index (χ0n) is 11.2. The van der Waals surface area contributed by atoms with Crippen molar-refractivity contribution in [3.05, 3.63) is 35.9 Å². The van der Waals surface area contributed by atoms with Gasteiger partial charge >= 0.3 is 0 Å². The number of nitrogens with zero attached hydrogens (tertiary/aromatic N) is 1. The molecule has 3 nitrogen and oxygen atoms in total. The van der Waals surface area contributed by atoms with E-state index in [0.717, 1.165) is 12.0 Å². The van der Waals surface area contributed by atoms with E-state index in [-0.39, 0.29) is 12.1 Å². The molecular formula is C16H19NO2. The van der Waals surface area contributed by atoms with Gasteiger partial charge < -0.3 is 9.64 Å². The highest BCUT2D eigenvalue weighted by molar-refractivity contribution is 5.83. The van der Waals surface area contributed by atoms with Gasteiger partial charge in [-0.25, -0.2) is 0 Å². The Morgan fingerprint density at radius 2 is 2.00 bits per heavy atom. The molecule has 1 saturated carbocycles. The number of ether oxygens (including phenoxy) is 1. The summed E-state index contributed by atoms with van der Waals surface area (Å²) in [6.07, 6.45) is 2.10. The van der Waals surface area contributed by atoms with Crippen LogP contribution in [0.25, 0.3) is 0 Å². The van der Waals surface area contributed by atoms with Crippen LogP contribution >= 0.6 is 0 Å². The van der Waals surface area contributed by atoms with Gasteiger partial charge in [0.25, 0.3) is 0 Å². The Hall–Kier alpha value is -1.35. The summed E-state index contributed by atoms with van der Waals surface area (Å²) in [7, 11) is 0. The smallest absolute Gasteiger partial charge is 0.228 e. The second-order valence-electron chi connectivity index (χ2n) is 6.26. The van der Waals surface area contributed by atoms with Crippen molar-refractivity contribution in [3.63, 3.8) is 0 Å². The van der Waals surface area contributed by atoms with E-state index in [1.165, 1.54) is 6.42 Å². The zero-order valence-corrected chi connectivity index (χ0v) is 11.2. The third-order valence-corrected chi connectivity index (χ3v) is 5.03. The van der Waals surface area contributed by atoms with Crippen LogP contribution in [0.5, 0.6) is 0 Å². The van der Waals surface area contributed by atoms with Crippen molar-refractivity contribution in [2.75, 3.05) is 6.61 Å². The van der Waals surface area contributed by atoms with E-state index in [0.29, 0.717) is 30.4 Å². The molecule has 100 valence electrons. The van der Waals surface area contributed by atoms with E-state index in [2.05, 4.69) is 19.1 Å². The predicted molar refractivity (Wildman–Crippen MR) is 71.1 cm³/mol. The van der Waals surface area contributed by atoms with Gasteiger partial charge in [0, 0.05) is 11.5 Å². The molecule has 0 radical (unpaired) electrons. The van der Waals surface area contributed by atoms with Crippen LogP contribution in [0.2, 0.25) is 0 Å². The lowest BCUT2D eigenvalue weighted by Gasteiger charge is -2.24. The maximum atomic E-state index is 12.6. The van der Waals surface area contributed by atoms with Crippen molar-refractivity contribution in [3.8, 4) is 0 Å². The molecule has 2 heterocycles. The molecule has 3 fully saturated rings. The predicted octanol–water partition coefficient (Wildman–Crippen LogP) is 2.59. The molecule has 3 aliphatic rings. The number of hydrogen-bond acceptors (Lipinski definition) is 2. The number of benzene rings is 1. The fourth-order valence-corrected chi connectivity index (χ4v) is 4.24. The van der Waals surface area contributed by atoms with E-state index in [1.54, 1.807) is 0 Å². The Morgan fingerprint density at radius 1 is 1.21 bits per heavy atom. The normalized spacial score (nSPS) is 40.6. The molecule has 19 heavy (non-hydrogen) atoms. The quantitative estimate of drug-likeness (QED) is 0.774. The highest BCUT2D eigenvalue weighted by Crippen LogP contribution is 2.51. The minimum absolute atomic E-state index is 0.153. The summed E-state index contributed by atoms with van der Waals surface area (Å²) in [5, 5.41) is 0. The fraction of sp³-hybridized carbons (Fsp3) is 0.562. The summed E-state index contributed by atoms with van der Waals surface area (Å²) in [5.74, 6) is 1.80. The average molecular weight is 257 g/mol. The van der Waals surface area contributed by atoms with Crippen LogP contribution in [-0.4, -0.2) is 23.5 Å². The van der Waals surface area contributed by atoms with Crippen LogP contribution in [0.1, 0.15) is 31.6 Å². The zero-order chi connectivity index (χ0) is 13.0. The lowest BCUT2D eigenvalue weighted by atomic mass is 9.94. The van der Waals surface area contributed by atoms with E-state index in [4.69, 9.17) is 4.74 Å². The average Bonchev–Trinajstić information content (AvgIpc) is 3.06. The Morgan fingerprint density at radius 3 is 2.79 bits per heavy atom. The molecular weight excluding hydrogens is 238 g/mol. The summed E-state index contributed by atoms with van der Waals surface area (Å²) in [6, 6.07) is 10.4. The van der Waals surface area contributed by atoms with Crippen LogP contribution in [0, 0.1) is 17.8 Å². The number of fused-ring (bicyclic) bond motifs is 3. The molecule has 1 aromatic rings. The number of carbonyl (C=O) groups is 1. The van der Waals surface area contributed by atoms with Crippen molar-refractivity contribution >= 4 is 5.91 Å². The standard InChI is InChI=1S/C16H19NO2/c1-10-7-12-13(8-10)15(18)17-14(12)9-19-16(17)11-5-3-2-4-6-11/h2-6,10,12-14,16H,7-9H2,1H3/t10?,12-,13+,14+,16+/m0/s1. The van der Waals surface area contributed by atoms with Crippen molar-refractivity contribution in [2.24, 2.45) is 17.8 Å². The summed E-state index contributed by atoms with van der Waals surface area (Å²) in [6.45, 7) is 2.97. The van der Waals surface area contributed by atoms with Gasteiger partial charge in [-0.2, -0.15) is 0 Å². The maximum Gasteiger partial charge on any atom is 0.228 e. The first kappa shape index (κ1) is 11.5. The molecule has 0 N–H and O–H groups in total. The van der Waals surface area contributed by atoms with Gasteiger partial charge in [0.1, 0.15) is 0 Å². The van der Waals surface area contributed by atoms with Gasteiger partial charge in [-0.1, -0.05) is 37.3 Å². The Balaban J connectivity index is 1.65. The largest absolute Gasteiger partial charge is 0.352 e. The van der Waals surface area contributed by atoms with Crippen LogP contribution in [-0.2, 0) is 9.53 Å². The van der Waals surface area contributed by atoms with Crippen molar-refractivity contribution in [2.45, 2.75) is 32.0 Å². The molecule has 2 aliphatic heterocycles. The molecule has 0 aromatic heterocycles. The molecule has 0 spiro atoms. The monoisotopic (exact) mass is 257 g/mol. The molecule has 1 amide bonds. The molecule has 4 rings (SSSR count). The van der Waals surface area contributed by atoms with E-state index in [9.17, 15) is 4.79 Å². The molecule has 1 aliphatic carbocycles. The lowest BCUT2D eigenvalue weighted by molar-refractivity contribution is -0.137. The third kappa shape index (κ3) is 1.57. The van der Waals surface area contributed by atoms with Gasteiger partial charge in [-0.05, 0) is 24.7 Å². The highest BCUT2D eigenvalue weighted by atomic mass is 16.5. The van der Waals surface area contributed by atoms with Crippen molar-refractivity contribution in [1.29, 1.82) is 0 Å². The molecule has 3 heteroatoms. The minimum atomic E-state index is -0.153. The molecule has 1 aromatic carbocycles. The maximum absolute atomic E-state index is 12.6. The Labute approximate surface area is 113 Å². The molecule has 1 unspecified atom stereocenters. The topological polar surface area (TPSA) is 29.5 Å². The second kappa shape index (κ2) is 4.07. The van der Waals surface area contributed by atoms with Crippen molar-refractivity contribution in [1.82, 2.24) is 4.90 Å². The van der Waals surface area contributed by atoms with Crippen LogP contribution in [0.15, 0.2) is 30.3 Å². The fourth-order valence-electron chi connectivity index (χ4n) is 4.24. The third-order valence-electron chi connectivity index (χ3n) is 5.03. The number of carbonyl (C=O) groups excluding carboxylic acids is 1. The first-order valence-electron chi connectivity index (χ1n) is 7.24. The van der Waals surface area contributed by atoms with Gasteiger partial charge in [0.2, 0.25) is 5.91 Å². The molecule has 0 bridgehead atoms. The van der Waals surface area contributed by atoms with Crippen molar-refractivity contribution < 1.29 is 9.53 Å².